The molecular weight excluding hydrogens is 338 g/mol. The summed E-state index contributed by atoms with van der Waals surface area (Å²) in [6, 6.07) is 7.28. The van der Waals surface area contributed by atoms with Gasteiger partial charge >= 0.3 is 0 Å². The Morgan fingerprint density at radius 2 is 2.12 bits per heavy atom. The van der Waals surface area contributed by atoms with Crippen LogP contribution in [0.4, 0.5) is 0 Å². The molecule has 0 aliphatic carbocycles. The lowest BCUT2D eigenvalue weighted by Crippen LogP contribution is -2.29. The Hall–Kier alpha value is -1.86. The standard InChI is InChI=1S/C18H25N3O3S/c1-13(2)11-19-16(22)12-25-18-20-15-8-5-4-7-14(15)17(23)21(18)9-6-10-24-3/h4-5,7-8,13H,6,9-12H2,1-3H3,(H,19,22). The van der Waals surface area contributed by atoms with Crippen molar-refractivity contribution in [2.45, 2.75) is 32.0 Å². The Labute approximate surface area is 152 Å². The van der Waals surface area contributed by atoms with Crippen LogP contribution in [0.15, 0.2) is 34.2 Å². The fourth-order valence-corrected chi connectivity index (χ4v) is 3.18. The van der Waals surface area contributed by atoms with Crippen molar-refractivity contribution in [3.63, 3.8) is 0 Å². The molecule has 25 heavy (non-hydrogen) atoms. The molecule has 0 spiro atoms. The summed E-state index contributed by atoms with van der Waals surface area (Å²) in [5, 5.41) is 4.04. The van der Waals surface area contributed by atoms with Crippen molar-refractivity contribution in [2.75, 3.05) is 26.0 Å². The molecule has 1 amide bonds. The monoisotopic (exact) mass is 363 g/mol. The number of fused-ring (bicyclic) bond motifs is 1. The molecule has 0 fully saturated rings. The van der Waals surface area contributed by atoms with E-state index in [4.69, 9.17) is 4.74 Å². The lowest BCUT2D eigenvalue weighted by Gasteiger charge is -2.13. The van der Waals surface area contributed by atoms with Gasteiger partial charge in [0, 0.05) is 26.8 Å². The van der Waals surface area contributed by atoms with Gasteiger partial charge in [0.1, 0.15) is 0 Å². The SMILES string of the molecule is COCCCn1c(SCC(=O)NCC(C)C)nc2ccccc2c1=O. The summed E-state index contributed by atoms with van der Waals surface area (Å²) in [7, 11) is 1.64. The van der Waals surface area contributed by atoms with Crippen molar-refractivity contribution < 1.29 is 9.53 Å². The molecule has 0 unspecified atom stereocenters. The molecule has 2 aromatic rings. The zero-order valence-electron chi connectivity index (χ0n) is 14.9. The Morgan fingerprint density at radius 1 is 1.36 bits per heavy atom. The van der Waals surface area contributed by atoms with E-state index in [2.05, 4.69) is 10.3 Å². The summed E-state index contributed by atoms with van der Waals surface area (Å²) in [5.41, 5.74) is 0.576. The van der Waals surface area contributed by atoms with Gasteiger partial charge in [-0.25, -0.2) is 4.98 Å². The predicted molar refractivity (Wildman–Crippen MR) is 101 cm³/mol. The first kappa shape index (κ1) is 19.5. The molecule has 1 heterocycles. The largest absolute Gasteiger partial charge is 0.385 e. The van der Waals surface area contributed by atoms with Gasteiger partial charge in [-0.15, -0.1) is 0 Å². The molecule has 1 N–H and O–H groups in total. The summed E-state index contributed by atoms with van der Waals surface area (Å²) in [6.07, 6.45) is 0.712. The van der Waals surface area contributed by atoms with Crippen LogP contribution in [0.1, 0.15) is 20.3 Å². The summed E-state index contributed by atoms with van der Waals surface area (Å²) in [4.78, 5) is 29.3. The van der Waals surface area contributed by atoms with Gasteiger partial charge in [-0.2, -0.15) is 0 Å². The molecule has 0 radical (unpaired) electrons. The van der Waals surface area contributed by atoms with Gasteiger partial charge in [0.2, 0.25) is 5.91 Å². The number of methoxy groups -OCH3 is 1. The third kappa shape index (κ3) is 5.57. The number of amides is 1. The van der Waals surface area contributed by atoms with E-state index in [0.717, 1.165) is 0 Å². The third-order valence-corrected chi connectivity index (χ3v) is 4.57. The molecule has 0 atom stereocenters. The van der Waals surface area contributed by atoms with Gasteiger partial charge in [-0.1, -0.05) is 37.7 Å². The molecule has 0 saturated carbocycles. The number of nitrogens with zero attached hydrogens (tertiary/aromatic N) is 2. The van der Waals surface area contributed by atoms with Gasteiger partial charge in [0.25, 0.3) is 5.56 Å². The number of aromatic nitrogens is 2. The highest BCUT2D eigenvalue weighted by Gasteiger charge is 2.13. The lowest BCUT2D eigenvalue weighted by atomic mass is 10.2. The van der Waals surface area contributed by atoms with Gasteiger partial charge in [-0.05, 0) is 24.5 Å². The third-order valence-electron chi connectivity index (χ3n) is 3.60. The predicted octanol–water partition coefficient (Wildman–Crippen LogP) is 2.30. The minimum absolute atomic E-state index is 0.0513. The second-order valence-corrected chi connectivity index (χ2v) is 7.14. The lowest BCUT2D eigenvalue weighted by molar-refractivity contribution is -0.118. The first-order valence-electron chi connectivity index (χ1n) is 8.41. The van der Waals surface area contributed by atoms with E-state index >= 15 is 0 Å². The van der Waals surface area contributed by atoms with Crippen molar-refractivity contribution in [2.24, 2.45) is 5.92 Å². The van der Waals surface area contributed by atoms with Crippen molar-refractivity contribution in [1.82, 2.24) is 14.9 Å². The molecule has 2 rings (SSSR count). The highest BCUT2D eigenvalue weighted by Crippen LogP contribution is 2.18. The van der Waals surface area contributed by atoms with Gasteiger partial charge in [0.15, 0.2) is 5.16 Å². The van der Waals surface area contributed by atoms with Crippen LogP contribution in [-0.2, 0) is 16.1 Å². The van der Waals surface area contributed by atoms with Gasteiger partial charge in [-0.3, -0.25) is 14.2 Å². The number of benzene rings is 1. The number of carbonyl (C=O) groups is 1. The van der Waals surface area contributed by atoms with E-state index in [1.165, 1.54) is 11.8 Å². The fraction of sp³-hybridized carbons (Fsp3) is 0.500. The van der Waals surface area contributed by atoms with Crippen LogP contribution in [0, 0.1) is 5.92 Å². The van der Waals surface area contributed by atoms with Crippen molar-refractivity contribution >= 4 is 28.6 Å². The molecule has 0 aliphatic heterocycles. The van der Waals surface area contributed by atoms with Crippen LogP contribution in [-0.4, -0.2) is 41.5 Å². The average molecular weight is 363 g/mol. The number of ether oxygens (including phenoxy) is 1. The molecule has 0 saturated heterocycles. The number of hydrogen-bond donors (Lipinski definition) is 1. The van der Waals surface area contributed by atoms with Crippen LogP contribution in [0.3, 0.4) is 0 Å². The maximum atomic E-state index is 12.8. The molecule has 6 nitrogen and oxygen atoms in total. The minimum atomic E-state index is -0.0770. The number of para-hydroxylation sites is 1. The Kier molecular flexibility index (Phi) is 7.46. The summed E-state index contributed by atoms with van der Waals surface area (Å²) in [5.74, 6) is 0.589. The second kappa shape index (κ2) is 9.58. The first-order valence-corrected chi connectivity index (χ1v) is 9.39. The summed E-state index contributed by atoms with van der Waals surface area (Å²) in [6.45, 7) is 5.82. The van der Waals surface area contributed by atoms with E-state index in [-0.39, 0.29) is 17.2 Å². The molecule has 136 valence electrons. The van der Waals surface area contributed by atoms with Crippen LogP contribution in [0.2, 0.25) is 0 Å². The van der Waals surface area contributed by atoms with Gasteiger partial charge < -0.3 is 10.1 Å². The fourth-order valence-electron chi connectivity index (χ4n) is 2.32. The maximum Gasteiger partial charge on any atom is 0.262 e. The molecule has 1 aromatic heterocycles. The maximum absolute atomic E-state index is 12.8. The Balaban J connectivity index is 2.22. The zero-order valence-corrected chi connectivity index (χ0v) is 15.8. The number of thioether (sulfide) groups is 1. The van der Waals surface area contributed by atoms with Crippen LogP contribution >= 0.6 is 11.8 Å². The molecule has 0 bridgehead atoms. The molecule has 7 heteroatoms. The van der Waals surface area contributed by atoms with Gasteiger partial charge in [0.05, 0.1) is 16.7 Å². The van der Waals surface area contributed by atoms with Crippen molar-refractivity contribution in [3.8, 4) is 0 Å². The normalized spacial score (nSPS) is 11.2. The van der Waals surface area contributed by atoms with E-state index in [1.807, 2.05) is 32.0 Å². The quantitative estimate of drug-likeness (QED) is 0.420. The first-order chi connectivity index (χ1) is 12.0. The smallest absolute Gasteiger partial charge is 0.262 e. The van der Waals surface area contributed by atoms with E-state index in [0.29, 0.717) is 48.1 Å². The molecule has 0 aliphatic rings. The highest BCUT2D eigenvalue weighted by atomic mass is 32.2. The summed E-state index contributed by atoms with van der Waals surface area (Å²) >= 11 is 1.29. The number of carbonyl (C=O) groups excluding carboxylic acids is 1. The summed E-state index contributed by atoms with van der Waals surface area (Å²) < 4.78 is 6.72. The van der Waals surface area contributed by atoms with E-state index in [1.54, 1.807) is 17.7 Å². The molecule has 1 aromatic carbocycles. The number of rotatable bonds is 9. The van der Waals surface area contributed by atoms with Crippen LogP contribution < -0.4 is 10.9 Å². The zero-order chi connectivity index (χ0) is 18.2. The average Bonchev–Trinajstić information content (AvgIpc) is 2.60. The minimum Gasteiger partial charge on any atom is -0.385 e. The number of hydrogen-bond acceptors (Lipinski definition) is 5. The Bertz CT molecular complexity index is 774. The second-order valence-electron chi connectivity index (χ2n) is 6.20. The molecular formula is C18H25N3O3S. The van der Waals surface area contributed by atoms with Crippen molar-refractivity contribution in [3.05, 3.63) is 34.6 Å². The van der Waals surface area contributed by atoms with Crippen LogP contribution in [0.25, 0.3) is 10.9 Å². The van der Waals surface area contributed by atoms with E-state index in [9.17, 15) is 9.59 Å². The van der Waals surface area contributed by atoms with E-state index < -0.39 is 0 Å². The highest BCUT2D eigenvalue weighted by molar-refractivity contribution is 7.99. The topological polar surface area (TPSA) is 73.2 Å². The Morgan fingerprint density at radius 3 is 2.84 bits per heavy atom. The van der Waals surface area contributed by atoms with Crippen LogP contribution in [0.5, 0.6) is 0 Å². The van der Waals surface area contributed by atoms with Crippen molar-refractivity contribution in [1.29, 1.82) is 0 Å². The number of nitrogens with one attached hydrogen (secondary N) is 1.